The molecule has 1 atom stereocenters. The number of amides is 1. The molecule has 1 aliphatic rings. The van der Waals surface area contributed by atoms with E-state index in [1.165, 1.54) is 24.0 Å². The zero-order valence-electron chi connectivity index (χ0n) is 15.1. The van der Waals surface area contributed by atoms with Crippen molar-refractivity contribution in [1.29, 1.82) is 0 Å². The molecule has 1 aromatic rings. The van der Waals surface area contributed by atoms with Gasteiger partial charge in [-0.15, -0.1) is 12.4 Å². The van der Waals surface area contributed by atoms with Gasteiger partial charge in [0.05, 0.1) is 13.0 Å². The molecule has 1 fully saturated rings. The SMILES string of the molecule is Cc1cc(C)c(C)c(OCCC(=O)NCCC2CCCNC2)c1.Cl. The van der Waals surface area contributed by atoms with Crippen molar-refractivity contribution in [3.63, 3.8) is 0 Å². The van der Waals surface area contributed by atoms with Crippen LogP contribution in [0, 0.1) is 26.7 Å². The molecule has 1 unspecified atom stereocenters. The van der Waals surface area contributed by atoms with E-state index in [0.29, 0.717) is 18.9 Å². The second-order valence-corrected chi connectivity index (χ2v) is 6.65. The van der Waals surface area contributed by atoms with Crippen LogP contribution >= 0.6 is 12.4 Å². The highest BCUT2D eigenvalue weighted by Crippen LogP contribution is 2.23. The Morgan fingerprint density at radius 2 is 2.12 bits per heavy atom. The van der Waals surface area contributed by atoms with Crippen LogP contribution < -0.4 is 15.4 Å². The van der Waals surface area contributed by atoms with Crippen LogP contribution in [-0.4, -0.2) is 32.1 Å². The summed E-state index contributed by atoms with van der Waals surface area (Å²) in [5, 5.41) is 6.41. The minimum absolute atomic E-state index is 0. The quantitative estimate of drug-likeness (QED) is 0.789. The van der Waals surface area contributed by atoms with Gasteiger partial charge in [0, 0.05) is 6.54 Å². The smallest absolute Gasteiger partial charge is 0.223 e. The van der Waals surface area contributed by atoms with Crippen molar-refractivity contribution < 1.29 is 9.53 Å². The maximum Gasteiger partial charge on any atom is 0.223 e. The Kier molecular flexibility index (Phi) is 9.16. The number of aryl methyl sites for hydroxylation is 2. The second-order valence-electron chi connectivity index (χ2n) is 6.65. The minimum Gasteiger partial charge on any atom is -0.493 e. The zero-order valence-corrected chi connectivity index (χ0v) is 15.9. The fourth-order valence-electron chi connectivity index (χ4n) is 3.08. The Bertz CT molecular complexity index is 528. The predicted octanol–water partition coefficient (Wildman–Crippen LogP) is 3.31. The number of ether oxygens (including phenoxy) is 1. The molecule has 1 saturated heterocycles. The summed E-state index contributed by atoms with van der Waals surface area (Å²) in [6.07, 6.45) is 4.00. The zero-order chi connectivity index (χ0) is 16.7. The van der Waals surface area contributed by atoms with Gasteiger partial charge in [0.15, 0.2) is 0 Å². The molecule has 0 spiro atoms. The van der Waals surface area contributed by atoms with Crippen LogP contribution in [0.5, 0.6) is 5.75 Å². The van der Waals surface area contributed by atoms with Gasteiger partial charge in [-0.1, -0.05) is 6.07 Å². The summed E-state index contributed by atoms with van der Waals surface area (Å²) in [7, 11) is 0. The maximum atomic E-state index is 11.9. The lowest BCUT2D eigenvalue weighted by molar-refractivity contribution is -0.121. The maximum absolute atomic E-state index is 11.9. The first-order valence-corrected chi connectivity index (χ1v) is 8.74. The molecule has 2 N–H and O–H groups in total. The Hall–Kier alpha value is -1.26. The second kappa shape index (κ2) is 10.6. The Morgan fingerprint density at radius 1 is 1.33 bits per heavy atom. The van der Waals surface area contributed by atoms with Gasteiger partial charge in [0.25, 0.3) is 0 Å². The molecule has 2 rings (SSSR count). The largest absolute Gasteiger partial charge is 0.493 e. The lowest BCUT2D eigenvalue weighted by Gasteiger charge is -2.22. The van der Waals surface area contributed by atoms with Gasteiger partial charge in [-0.3, -0.25) is 4.79 Å². The highest BCUT2D eigenvalue weighted by atomic mass is 35.5. The summed E-state index contributed by atoms with van der Waals surface area (Å²) in [4.78, 5) is 11.9. The molecule has 0 saturated carbocycles. The van der Waals surface area contributed by atoms with E-state index in [1.807, 2.05) is 6.07 Å². The fraction of sp³-hybridized carbons (Fsp3) is 0.632. The molecule has 1 amide bonds. The van der Waals surface area contributed by atoms with E-state index in [0.717, 1.165) is 37.4 Å². The average molecular weight is 355 g/mol. The van der Waals surface area contributed by atoms with Crippen LogP contribution in [0.1, 0.15) is 42.4 Å². The summed E-state index contributed by atoms with van der Waals surface area (Å²) in [5.41, 5.74) is 3.57. The normalized spacial score (nSPS) is 17.0. The number of benzene rings is 1. The highest BCUT2D eigenvalue weighted by Gasteiger charge is 2.13. The minimum atomic E-state index is 0. The van der Waals surface area contributed by atoms with E-state index < -0.39 is 0 Å². The topological polar surface area (TPSA) is 50.4 Å². The number of piperidine rings is 1. The van der Waals surface area contributed by atoms with Crippen molar-refractivity contribution in [3.05, 3.63) is 28.8 Å². The number of nitrogens with one attached hydrogen (secondary N) is 2. The third-order valence-corrected chi connectivity index (χ3v) is 4.62. The monoisotopic (exact) mass is 354 g/mol. The van der Waals surface area contributed by atoms with E-state index in [-0.39, 0.29) is 18.3 Å². The molecule has 5 heteroatoms. The summed E-state index contributed by atoms with van der Waals surface area (Å²) in [6.45, 7) is 9.63. The Morgan fingerprint density at radius 3 is 2.83 bits per heavy atom. The lowest BCUT2D eigenvalue weighted by Crippen LogP contribution is -2.33. The molecule has 0 aromatic heterocycles. The number of halogens is 1. The molecule has 0 bridgehead atoms. The number of carbonyl (C=O) groups excluding carboxylic acids is 1. The first kappa shape index (κ1) is 20.8. The van der Waals surface area contributed by atoms with Crippen molar-refractivity contribution in [2.75, 3.05) is 26.2 Å². The van der Waals surface area contributed by atoms with Gasteiger partial charge >= 0.3 is 0 Å². The molecule has 0 aliphatic carbocycles. The summed E-state index contributed by atoms with van der Waals surface area (Å²) >= 11 is 0. The molecule has 4 nitrogen and oxygen atoms in total. The molecule has 1 aromatic carbocycles. The van der Waals surface area contributed by atoms with Crippen LogP contribution in [0.4, 0.5) is 0 Å². The van der Waals surface area contributed by atoms with Gasteiger partial charge in [-0.05, 0) is 81.8 Å². The van der Waals surface area contributed by atoms with Crippen molar-refractivity contribution >= 4 is 18.3 Å². The number of rotatable bonds is 7. The Balaban J connectivity index is 0.00000288. The summed E-state index contributed by atoms with van der Waals surface area (Å²) < 4.78 is 5.79. The lowest BCUT2D eigenvalue weighted by atomic mass is 9.96. The van der Waals surface area contributed by atoms with E-state index in [4.69, 9.17) is 4.74 Å². The highest BCUT2D eigenvalue weighted by molar-refractivity contribution is 5.85. The number of hydrogen-bond acceptors (Lipinski definition) is 3. The van der Waals surface area contributed by atoms with E-state index in [9.17, 15) is 4.79 Å². The molecule has 0 radical (unpaired) electrons. The molecular weight excluding hydrogens is 324 g/mol. The van der Waals surface area contributed by atoms with Crippen molar-refractivity contribution in [2.24, 2.45) is 5.92 Å². The number of carbonyl (C=O) groups is 1. The van der Waals surface area contributed by atoms with Gasteiger partial charge in [0.2, 0.25) is 5.91 Å². The van der Waals surface area contributed by atoms with E-state index in [1.54, 1.807) is 0 Å². The van der Waals surface area contributed by atoms with Crippen molar-refractivity contribution in [1.82, 2.24) is 10.6 Å². The van der Waals surface area contributed by atoms with Gasteiger partial charge in [0.1, 0.15) is 5.75 Å². The fourth-order valence-corrected chi connectivity index (χ4v) is 3.08. The molecule has 1 heterocycles. The van der Waals surface area contributed by atoms with Crippen molar-refractivity contribution in [2.45, 2.75) is 46.5 Å². The van der Waals surface area contributed by atoms with Crippen molar-refractivity contribution in [3.8, 4) is 5.75 Å². The van der Waals surface area contributed by atoms with Gasteiger partial charge < -0.3 is 15.4 Å². The predicted molar refractivity (Wildman–Crippen MR) is 101 cm³/mol. The Labute approximate surface area is 152 Å². The average Bonchev–Trinajstić information content (AvgIpc) is 2.53. The van der Waals surface area contributed by atoms with Crippen LogP contribution in [0.2, 0.25) is 0 Å². The first-order chi connectivity index (χ1) is 11.1. The van der Waals surface area contributed by atoms with Gasteiger partial charge in [-0.25, -0.2) is 0 Å². The molecular formula is C19H31ClN2O2. The van der Waals surface area contributed by atoms with Crippen LogP contribution in [0.15, 0.2) is 12.1 Å². The molecule has 136 valence electrons. The number of hydrogen-bond donors (Lipinski definition) is 2. The van der Waals surface area contributed by atoms with Crippen LogP contribution in [0.25, 0.3) is 0 Å². The van der Waals surface area contributed by atoms with Crippen LogP contribution in [-0.2, 0) is 4.79 Å². The third kappa shape index (κ3) is 6.70. The standard InChI is InChI=1S/C19H30N2O2.ClH/c1-14-11-15(2)16(3)18(12-14)23-10-7-19(22)21-9-6-17-5-4-8-20-13-17;/h11-12,17,20H,4-10,13H2,1-3H3,(H,21,22);1H. The van der Waals surface area contributed by atoms with Gasteiger partial charge in [-0.2, -0.15) is 0 Å². The van der Waals surface area contributed by atoms with E-state index >= 15 is 0 Å². The molecule has 24 heavy (non-hydrogen) atoms. The molecule has 1 aliphatic heterocycles. The van der Waals surface area contributed by atoms with Crippen LogP contribution in [0.3, 0.4) is 0 Å². The third-order valence-electron chi connectivity index (χ3n) is 4.62. The summed E-state index contributed by atoms with van der Waals surface area (Å²) in [5.74, 6) is 1.68. The first-order valence-electron chi connectivity index (χ1n) is 8.74. The summed E-state index contributed by atoms with van der Waals surface area (Å²) in [6, 6.07) is 4.19. The van der Waals surface area contributed by atoms with E-state index in [2.05, 4.69) is 37.5 Å².